The van der Waals surface area contributed by atoms with Crippen LogP contribution in [0.15, 0.2) is 28.6 Å². The topological polar surface area (TPSA) is 59.5 Å². The van der Waals surface area contributed by atoms with Gasteiger partial charge in [-0.2, -0.15) is 0 Å². The van der Waals surface area contributed by atoms with Crippen molar-refractivity contribution in [2.24, 2.45) is 0 Å². The SMILES string of the molecule is COc1cc(C)c(C)cc1S(=O)(=O)N(C)CCc1nccs1. The second-order valence-corrected chi connectivity index (χ2v) is 8.08. The summed E-state index contributed by atoms with van der Waals surface area (Å²) in [6, 6.07) is 3.43. The number of hydrogen-bond donors (Lipinski definition) is 0. The number of sulfonamides is 1. The maximum absolute atomic E-state index is 12.8. The number of ether oxygens (including phenoxy) is 1. The van der Waals surface area contributed by atoms with E-state index in [1.165, 1.54) is 22.8 Å². The summed E-state index contributed by atoms with van der Waals surface area (Å²) in [5.41, 5.74) is 1.92. The first-order chi connectivity index (χ1) is 10.4. The van der Waals surface area contributed by atoms with Gasteiger partial charge in [-0.3, -0.25) is 0 Å². The lowest BCUT2D eigenvalue weighted by Crippen LogP contribution is -2.29. The molecule has 0 atom stereocenters. The summed E-state index contributed by atoms with van der Waals surface area (Å²) in [7, 11) is -0.523. The van der Waals surface area contributed by atoms with Gasteiger partial charge in [0.05, 0.1) is 12.1 Å². The van der Waals surface area contributed by atoms with Crippen molar-refractivity contribution in [3.63, 3.8) is 0 Å². The number of hydrogen-bond acceptors (Lipinski definition) is 5. The maximum atomic E-state index is 12.8. The van der Waals surface area contributed by atoms with Crippen molar-refractivity contribution >= 4 is 21.4 Å². The molecule has 0 saturated heterocycles. The second kappa shape index (κ2) is 6.76. The first kappa shape index (κ1) is 16.9. The Bertz CT molecular complexity index is 740. The zero-order chi connectivity index (χ0) is 16.3. The zero-order valence-electron chi connectivity index (χ0n) is 13.2. The first-order valence-electron chi connectivity index (χ1n) is 6.86. The Morgan fingerprint density at radius 1 is 1.27 bits per heavy atom. The third-order valence-corrected chi connectivity index (χ3v) is 6.31. The van der Waals surface area contributed by atoms with Gasteiger partial charge in [0.15, 0.2) is 0 Å². The fraction of sp³-hybridized carbons (Fsp3) is 0.400. The van der Waals surface area contributed by atoms with Crippen LogP contribution >= 0.6 is 11.3 Å². The van der Waals surface area contributed by atoms with Gasteiger partial charge in [-0.25, -0.2) is 17.7 Å². The molecule has 0 aliphatic rings. The molecule has 0 saturated carbocycles. The van der Waals surface area contributed by atoms with Gasteiger partial charge < -0.3 is 4.74 Å². The van der Waals surface area contributed by atoms with Crippen LogP contribution in [0.2, 0.25) is 0 Å². The number of nitrogens with zero attached hydrogens (tertiary/aromatic N) is 2. The number of likely N-dealkylation sites (N-methyl/N-ethyl adjacent to an activating group) is 1. The van der Waals surface area contributed by atoms with Crippen LogP contribution in [0.4, 0.5) is 0 Å². The van der Waals surface area contributed by atoms with E-state index in [9.17, 15) is 8.42 Å². The molecule has 2 rings (SSSR count). The van der Waals surface area contributed by atoms with Crippen LogP contribution in [-0.2, 0) is 16.4 Å². The molecule has 1 aromatic carbocycles. The lowest BCUT2D eigenvalue weighted by Gasteiger charge is -2.19. The average Bonchev–Trinajstić information content (AvgIpc) is 3.00. The summed E-state index contributed by atoms with van der Waals surface area (Å²) in [5.74, 6) is 0.379. The number of benzene rings is 1. The van der Waals surface area contributed by atoms with E-state index in [-0.39, 0.29) is 4.90 Å². The Morgan fingerprint density at radius 3 is 2.55 bits per heavy atom. The second-order valence-electron chi connectivity index (χ2n) is 5.09. The molecule has 0 fully saturated rings. The highest BCUT2D eigenvalue weighted by molar-refractivity contribution is 7.89. The molecular weight excluding hydrogens is 320 g/mol. The predicted molar refractivity (Wildman–Crippen MR) is 88.1 cm³/mol. The number of aryl methyl sites for hydroxylation is 2. The predicted octanol–water partition coefficient (Wildman–Crippen LogP) is 2.63. The van der Waals surface area contributed by atoms with Gasteiger partial charge in [0.25, 0.3) is 0 Å². The fourth-order valence-electron chi connectivity index (χ4n) is 2.04. The Morgan fingerprint density at radius 2 is 1.95 bits per heavy atom. The number of aromatic nitrogens is 1. The molecule has 0 spiro atoms. The molecule has 0 unspecified atom stereocenters. The highest BCUT2D eigenvalue weighted by atomic mass is 32.2. The van der Waals surface area contributed by atoms with E-state index in [2.05, 4.69) is 4.98 Å². The van der Waals surface area contributed by atoms with Crippen LogP contribution in [-0.4, -0.2) is 38.4 Å². The van der Waals surface area contributed by atoms with Crippen molar-refractivity contribution in [1.29, 1.82) is 0 Å². The van der Waals surface area contributed by atoms with Crippen molar-refractivity contribution in [2.75, 3.05) is 20.7 Å². The molecule has 0 N–H and O–H groups in total. The average molecular weight is 340 g/mol. The van der Waals surface area contributed by atoms with Crippen molar-refractivity contribution < 1.29 is 13.2 Å². The van der Waals surface area contributed by atoms with E-state index >= 15 is 0 Å². The fourth-order valence-corrected chi connectivity index (χ4v) is 4.04. The largest absolute Gasteiger partial charge is 0.495 e. The number of rotatable bonds is 6. The molecule has 0 bridgehead atoms. The van der Waals surface area contributed by atoms with Crippen molar-refractivity contribution in [3.05, 3.63) is 39.8 Å². The third-order valence-electron chi connectivity index (χ3n) is 3.59. The van der Waals surface area contributed by atoms with Gasteiger partial charge in [0, 0.05) is 31.6 Å². The standard InChI is InChI=1S/C15H20N2O3S2/c1-11-9-13(20-4)14(10-12(11)2)22(18,19)17(3)7-5-15-16-6-8-21-15/h6,8-10H,5,7H2,1-4H3. The summed E-state index contributed by atoms with van der Waals surface area (Å²) in [4.78, 5) is 4.38. The molecule has 0 radical (unpaired) electrons. The lowest BCUT2D eigenvalue weighted by atomic mass is 10.1. The minimum atomic E-state index is -3.59. The van der Waals surface area contributed by atoms with E-state index in [0.717, 1.165) is 16.1 Å². The highest BCUT2D eigenvalue weighted by Gasteiger charge is 2.25. The molecule has 7 heteroatoms. The minimum absolute atomic E-state index is 0.208. The summed E-state index contributed by atoms with van der Waals surface area (Å²) in [5, 5.41) is 2.81. The molecule has 1 aromatic heterocycles. The molecule has 22 heavy (non-hydrogen) atoms. The third kappa shape index (κ3) is 3.48. The van der Waals surface area contributed by atoms with Gasteiger partial charge in [-0.15, -0.1) is 11.3 Å². The lowest BCUT2D eigenvalue weighted by molar-refractivity contribution is 0.397. The van der Waals surface area contributed by atoms with E-state index in [1.54, 1.807) is 25.4 Å². The zero-order valence-corrected chi connectivity index (χ0v) is 14.8. The van der Waals surface area contributed by atoms with Crippen LogP contribution in [0.5, 0.6) is 5.75 Å². The monoisotopic (exact) mass is 340 g/mol. The molecule has 0 aliphatic carbocycles. The van der Waals surface area contributed by atoms with Crippen LogP contribution in [0.1, 0.15) is 16.1 Å². The Kier molecular flexibility index (Phi) is 5.20. The van der Waals surface area contributed by atoms with Gasteiger partial charge in [0.1, 0.15) is 10.6 Å². The van der Waals surface area contributed by atoms with Crippen LogP contribution in [0, 0.1) is 13.8 Å². The van der Waals surface area contributed by atoms with E-state index < -0.39 is 10.0 Å². The first-order valence-corrected chi connectivity index (χ1v) is 9.18. The maximum Gasteiger partial charge on any atom is 0.246 e. The Labute approximate surface area is 135 Å². The Hall–Kier alpha value is -1.44. The number of thiazole rings is 1. The van der Waals surface area contributed by atoms with Gasteiger partial charge in [-0.1, -0.05) is 0 Å². The van der Waals surface area contributed by atoms with Gasteiger partial charge >= 0.3 is 0 Å². The molecule has 0 amide bonds. The van der Waals surface area contributed by atoms with Gasteiger partial charge in [0.2, 0.25) is 10.0 Å². The summed E-state index contributed by atoms with van der Waals surface area (Å²) in [6.45, 7) is 4.20. The summed E-state index contributed by atoms with van der Waals surface area (Å²) < 4.78 is 32.1. The quantitative estimate of drug-likeness (QED) is 0.811. The number of methoxy groups -OCH3 is 1. The molecule has 1 heterocycles. The molecule has 2 aromatic rings. The molecule has 120 valence electrons. The summed E-state index contributed by atoms with van der Waals surface area (Å²) in [6.07, 6.45) is 2.32. The van der Waals surface area contributed by atoms with Crippen molar-refractivity contribution in [2.45, 2.75) is 25.2 Å². The van der Waals surface area contributed by atoms with E-state index in [0.29, 0.717) is 18.7 Å². The van der Waals surface area contributed by atoms with E-state index in [1.807, 2.05) is 19.2 Å². The van der Waals surface area contributed by atoms with Gasteiger partial charge in [-0.05, 0) is 37.1 Å². The highest BCUT2D eigenvalue weighted by Crippen LogP contribution is 2.29. The Balaban J connectivity index is 2.27. The smallest absolute Gasteiger partial charge is 0.246 e. The summed E-state index contributed by atoms with van der Waals surface area (Å²) >= 11 is 1.53. The minimum Gasteiger partial charge on any atom is -0.495 e. The van der Waals surface area contributed by atoms with Crippen molar-refractivity contribution in [1.82, 2.24) is 9.29 Å². The van der Waals surface area contributed by atoms with Crippen molar-refractivity contribution in [3.8, 4) is 5.75 Å². The van der Waals surface area contributed by atoms with Crippen LogP contribution < -0.4 is 4.74 Å². The molecular formula is C15H20N2O3S2. The molecule has 0 aliphatic heterocycles. The normalized spacial score (nSPS) is 11.9. The molecule has 5 nitrogen and oxygen atoms in total. The van der Waals surface area contributed by atoms with Crippen LogP contribution in [0.25, 0.3) is 0 Å². The van der Waals surface area contributed by atoms with Crippen LogP contribution in [0.3, 0.4) is 0 Å². The van der Waals surface area contributed by atoms with E-state index in [4.69, 9.17) is 4.74 Å².